The van der Waals surface area contributed by atoms with Crippen LogP contribution in [0.1, 0.15) is 42.7 Å². The molecule has 0 aromatic carbocycles. The molecule has 0 bridgehead atoms. The van der Waals surface area contributed by atoms with E-state index in [2.05, 4.69) is 15.6 Å². The van der Waals surface area contributed by atoms with Gasteiger partial charge in [0, 0.05) is 11.3 Å². The smallest absolute Gasteiger partial charge is 0.262 e. The van der Waals surface area contributed by atoms with Gasteiger partial charge in [0.1, 0.15) is 0 Å². The Morgan fingerprint density at radius 1 is 1.29 bits per heavy atom. The summed E-state index contributed by atoms with van der Waals surface area (Å²) >= 11 is 1.49. The number of carbonyl (C=O) groups is 1. The number of aryl methyl sites for hydroxylation is 2. The minimum atomic E-state index is -2.79. The number of alkyl halides is 2. The lowest BCUT2D eigenvalue weighted by Gasteiger charge is -2.09. The lowest BCUT2D eigenvalue weighted by Crippen LogP contribution is -2.35. The van der Waals surface area contributed by atoms with Gasteiger partial charge in [-0.25, -0.2) is 13.8 Å². The average molecular weight is 315 g/mol. The average Bonchev–Trinajstić information content (AvgIpc) is 2.93. The highest BCUT2D eigenvalue weighted by Crippen LogP contribution is 2.30. The third-order valence-electron chi connectivity index (χ3n) is 4.00. The maximum absolute atomic E-state index is 13.1. The van der Waals surface area contributed by atoms with Gasteiger partial charge in [0.05, 0.1) is 18.3 Å². The van der Waals surface area contributed by atoms with Crippen molar-refractivity contribution in [3.63, 3.8) is 0 Å². The predicted molar refractivity (Wildman–Crippen MR) is 78.0 cm³/mol. The van der Waals surface area contributed by atoms with Gasteiger partial charge in [-0.1, -0.05) is 12.8 Å². The zero-order chi connectivity index (χ0) is 14.9. The Kier molecular flexibility index (Phi) is 4.21. The number of hydrogen-bond acceptors (Lipinski definition) is 4. The fourth-order valence-corrected chi connectivity index (χ4v) is 3.91. The van der Waals surface area contributed by atoms with E-state index >= 15 is 0 Å². The van der Waals surface area contributed by atoms with Crippen LogP contribution in [0.25, 0.3) is 0 Å². The van der Waals surface area contributed by atoms with Crippen LogP contribution in [0.3, 0.4) is 0 Å². The zero-order valence-electron chi connectivity index (χ0n) is 11.8. The highest BCUT2D eigenvalue weighted by atomic mass is 32.1. The van der Waals surface area contributed by atoms with Crippen molar-refractivity contribution >= 4 is 22.4 Å². The Labute approximate surface area is 126 Å². The normalized spacial score (nSPS) is 25.0. The lowest BCUT2D eigenvalue weighted by molar-refractivity contribution is -0.118. The molecule has 2 aliphatic rings. The topological polar surface area (TPSA) is 54.0 Å². The molecule has 21 heavy (non-hydrogen) atoms. The molecule has 1 atom stereocenters. The molecule has 1 fully saturated rings. The molecule has 1 aliphatic heterocycles. The van der Waals surface area contributed by atoms with E-state index in [1.54, 1.807) is 0 Å². The summed E-state index contributed by atoms with van der Waals surface area (Å²) in [6.45, 7) is -0.431. The van der Waals surface area contributed by atoms with Gasteiger partial charge in [0.15, 0.2) is 5.13 Å². The summed E-state index contributed by atoms with van der Waals surface area (Å²) in [6.07, 6.45) is 6.24. The van der Waals surface area contributed by atoms with E-state index in [-0.39, 0.29) is 0 Å². The molecule has 1 aliphatic carbocycles. The Morgan fingerprint density at radius 2 is 2.05 bits per heavy atom. The van der Waals surface area contributed by atoms with Crippen molar-refractivity contribution in [2.24, 2.45) is 0 Å². The number of hydrogen-bond donors (Lipinski definition) is 2. The molecule has 2 heterocycles. The van der Waals surface area contributed by atoms with Crippen molar-refractivity contribution in [1.82, 2.24) is 10.3 Å². The first-order valence-electron chi connectivity index (χ1n) is 7.44. The number of fused-ring (bicyclic) bond motifs is 1. The molecule has 0 spiro atoms. The molecule has 7 heteroatoms. The van der Waals surface area contributed by atoms with E-state index in [1.165, 1.54) is 29.1 Å². The molecular weight excluding hydrogens is 296 g/mol. The van der Waals surface area contributed by atoms with Crippen LogP contribution in [0, 0.1) is 0 Å². The third kappa shape index (κ3) is 3.58. The number of thiazole rings is 1. The maximum Gasteiger partial charge on any atom is 0.262 e. The van der Waals surface area contributed by atoms with Crippen LogP contribution in [0.5, 0.6) is 0 Å². The van der Waals surface area contributed by atoms with E-state index in [4.69, 9.17) is 0 Å². The molecule has 0 radical (unpaired) electrons. The van der Waals surface area contributed by atoms with Gasteiger partial charge in [0.25, 0.3) is 5.92 Å². The van der Waals surface area contributed by atoms with Gasteiger partial charge in [-0.05, 0) is 25.7 Å². The zero-order valence-corrected chi connectivity index (χ0v) is 12.6. The predicted octanol–water partition coefficient (Wildman–Crippen LogP) is 2.74. The van der Waals surface area contributed by atoms with Gasteiger partial charge in [0.2, 0.25) is 5.91 Å². The monoisotopic (exact) mass is 315 g/mol. The number of nitrogens with zero attached hydrogens (tertiary/aromatic N) is 1. The number of rotatable bonds is 2. The number of amides is 1. The van der Waals surface area contributed by atoms with Crippen molar-refractivity contribution in [3.8, 4) is 0 Å². The van der Waals surface area contributed by atoms with Crippen molar-refractivity contribution in [2.75, 3.05) is 11.9 Å². The fraction of sp³-hybridized carbons (Fsp3) is 0.714. The summed E-state index contributed by atoms with van der Waals surface area (Å²) in [4.78, 5) is 17.7. The van der Waals surface area contributed by atoms with E-state index < -0.39 is 30.8 Å². The molecule has 1 amide bonds. The van der Waals surface area contributed by atoms with Crippen LogP contribution in [-0.2, 0) is 17.6 Å². The summed E-state index contributed by atoms with van der Waals surface area (Å²) < 4.78 is 26.2. The number of nitrogens with one attached hydrogen (secondary N) is 2. The van der Waals surface area contributed by atoms with Crippen LogP contribution in [0.15, 0.2) is 0 Å². The molecule has 0 saturated carbocycles. The maximum atomic E-state index is 13.1. The van der Waals surface area contributed by atoms with E-state index in [1.807, 2.05) is 0 Å². The molecule has 1 unspecified atom stereocenters. The molecular formula is C14H19F2N3OS. The summed E-state index contributed by atoms with van der Waals surface area (Å²) in [7, 11) is 0. The minimum absolute atomic E-state index is 0.408. The number of aromatic nitrogens is 1. The van der Waals surface area contributed by atoms with E-state index in [0.717, 1.165) is 31.4 Å². The molecule has 3 rings (SSSR count). The van der Waals surface area contributed by atoms with Crippen molar-refractivity contribution in [2.45, 2.75) is 56.9 Å². The number of halogens is 2. The first-order chi connectivity index (χ1) is 10.0. The Balaban J connectivity index is 1.65. The van der Waals surface area contributed by atoms with Crippen LogP contribution >= 0.6 is 11.3 Å². The van der Waals surface area contributed by atoms with Gasteiger partial charge < -0.3 is 5.32 Å². The SMILES string of the molecule is O=C(Nc1nc2c(s1)CCCCCC2)C1CC(F)(F)CN1. The van der Waals surface area contributed by atoms with Gasteiger partial charge in [-0.3, -0.25) is 10.1 Å². The van der Waals surface area contributed by atoms with Gasteiger partial charge in [-0.2, -0.15) is 0 Å². The summed E-state index contributed by atoms with van der Waals surface area (Å²) in [5.74, 6) is -3.20. The Bertz CT molecular complexity index is 507. The van der Waals surface area contributed by atoms with Gasteiger partial charge >= 0.3 is 0 Å². The second-order valence-electron chi connectivity index (χ2n) is 5.79. The summed E-state index contributed by atoms with van der Waals surface area (Å²) in [6, 6.07) is -0.827. The quantitative estimate of drug-likeness (QED) is 0.882. The Morgan fingerprint density at radius 3 is 2.76 bits per heavy atom. The van der Waals surface area contributed by atoms with E-state index in [9.17, 15) is 13.6 Å². The van der Waals surface area contributed by atoms with Crippen LogP contribution in [0.2, 0.25) is 0 Å². The minimum Gasteiger partial charge on any atom is -0.301 e. The highest BCUT2D eigenvalue weighted by molar-refractivity contribution is 7.15. The third-order valence-corrected chi connectivity index (χ3v) is 5.07. The van der Waals surface area contributed by atoms with Gasteiger partial charge in [-0.15, -0.1) is 11.3 Å². The van der Waals surface area contributed by atoms with Crippen LogP contribution in [-0.4, -0.2) is 29.4 Å². The molecule has 2 N–H and O–H groups in total. The molecule has 1 aromatic rings. The summed E-state index contributed by atoms with van der Waals surface area (Å²) in [5.41, 5.74) is 1.07. The molecule has 1 aromatic heterocycles. The molecule has 4 nitrogen and oxygen atoms in total. The Hall–Kier alpha value is -1.08. The first kappa shape index (κ1) is 14.8. The first-order valence-corrected chi connectivity index (χ1v) is 8.26. The van der Waals surface area contributed by atoms with Crippen LogP contribution < -0.4 is 10.6 Å². The number of carbonyl (C=O) groups excluding carboxylic acids is 1. The van der Waals surface area contributed by atoms with Crippen molar-refractivity contribution in [1.29, 1.82) is 0 Å². The second-order valence-corrected chi connectivity index (χ2v) is 6.87. The molecule has 1 saturated heterocycles. The lowest BCUT2D eigenvalue weighted by atomic mass is 10.0. The van der Waals surface area contributed by atoms with Crippen LogP contribution in [0.4, 0.5) is 13.9 Å². The number of anilines is 1. The molecule has 116 valence electrons. The second kappa shape index (κ2) is 5.96. The largest absolute Gasteiger partial charge is 0.301 e. The van der Waals surface area contributed by atoms with Crippen molar-refractivity contribution in [3.05, 3.63) is 10.6 Å². The fourth-order valence-electron chi connectivity index (χ4n) is 2.85. The standard InChI is InChI=1S/C14H19F2N3OS/c15-14(16)7-10(17-8-14)12(20)19-13-18-9-5-3-1-2-4-6-11(9)21-13/h10,17H,1-8H2,(H,18,19,20). The van der Waals surface area contributed by atoms with Crippen molar-refractivity contribution < 1.29 is 13.6 Å². The van der Waals surface area contributed by atoms with E-state index in [0.29, 0.717) is 5.13 Å². The summed E-state index contributed by atoms with van der Waals surface area (Å²) in [5, 5.41) is 5.80. The highest BCUT2D eigenvalue weighted by Gasteiger charge is 2.42.